The van der Waals surface area contributed by atoms with Crippen LogP contribution in [0.4, 0.5) is 10.1 Å². The van der Waals surface area contributed by atoms with Gasteiger partial charge < -0.3 is 5.73 Å². The van der Waals surface area contributed by atoms with E-state index in [0.29, 0.717) is 5.69 Å². The Labute approximate surface area is 140 Å². The van der Waals surface area contributed by atoms with Gasteiger partial charge in [0.25, 0.3) is 0 Å². The van der Waals surface area contributed by atoms with Crippen LogP contribution in [0.3, 0.4) is 0 Å². The van der Waals surface area contributed by atoms with Gasteiger partial charge in [0.05, 0.1) is 5.69 Å². The number of anilines is 1. The summed E-state index contributed by atoms with van der Waals surface area (Å²) in [5.41, 5.74) is 9.29. The third-order valence-corrected chi connectivity index (χ3v) is 4.45. The van der Waals surface area contributed by atoms with Crippen molar-refractivity contribution < 1.29 is 4.39 Å². The Morgan fingerprint density at radius 2 is 1.83 bits per heavy atom. The van der Waals surface area contributed by atoms with Crippen LogP contribution in [-0.2, 0) is 6.42 Å². The van der Waals surface area contributed by atoms with E-state index in [1.54, 1.807) is 11.3 Å². The summed E-state index contributed by atoms with van der Waals surface area (Å²) >= 11 is 1.75. The van der Waals surface area contributed by atoms with Crippen molar-refractivity contribution in [2.75, 3.05) is 5.73 Å². The first-order chi connectivity index (χ1) is 11.0. The molecule has 120 valence electrons. The van der Waals surface area contributed by atoms with Gasteiger partial charge in [-0.1, -0.05) is 6.92 Å². The monoisotopic (exact) mass is 329 g/mol. The Kier molecular flexibility index (Phi) is 5.82. The zero-order valence-corrected chi connectivity index (χ0v) is 14.3. The number of halogens is 1. The maximum absolute atomic E-state index is 12.0. The van der Waals surface area contributed by atoms with Crippen molar-refractivity contribution in [1.82, 2.24) is 9.97 Å². The number of rotatable bonds is 2. The van der Waals surface area contributed by atoms with Gasteiger partial charge in [-0.25, -0.2) is 9.37 Å². The molecule has 2 aromatic heterocycles. The SMILES string of the molecule is CCc1cc(-c2nc(C)c(C)s2)ccn1.Nc1ccc(F)cc1. The first-order valence-corrected chi connectivity index (χ1v) is 8.21. The number of nitrogens with two attached hydrogens (primary N) is 1. The molecule has 3 rings (SSSR count). The van der Waals surface area contributed by atoms with Gasteiger partial charge in [-0.15, -0.1) is 11.3 Å². The lowest BCUT2D eigenvalue weighted by Gasteiger charge is -1.98. The second-order valence-corrected chi connectivity index (χ2v) is 6.30. The van der Waals surface area contributed by atoms with E-state index in [4.69, 9.17) is 5.73 Å². The Hall–Kier alpha value is -2.27. The van der Waals surface area contributed by atoms with E-state index in [9.17, 15) is 4.39 Å². The summed E-state index contributed by atoms with van der Waals surface area (Å²) in [5, 5.41) is 1.10. The van der Waals surface area contributed by atoms with Crippen molar-refractivity contribution in [2.24, 2.45) is 0 Å². The average Bonchev–Trinajstić information content (AvgIpc) is 2.90. The third kappa shape index (κ3) is 4.86. The normalized spacial score (nSPS) is 10.1. The number of benzene rings is 1. The van der Waals surface area contributed by atoms with Gasteiger partial charge in [0.1, 0.15) is 10.8 Å². The predicted molar refractivity (Wildman–Crippen MR) is 95.0 cm³/mol. The third-order valence-electron chi connectivity index (χ3n) is 3.32. The summed E-state index contributed by atoms with van der Waals surface area (Å²) in [7, 11) is 0. The largest absolute Gasteiger partial charge is 0.399 e. The molecule has 0 unspecified atom stereocenters. The zero-order valence-electron chi connectivity index (χ0n) is 13.5. The van der Waals surface area contributed by atoms with E-state index < -0.39 is 0 Å². The van der Waals surface area contributed by atoms with E-state index in [2.05, 4.69) is 36.8 Å². The molecular weight excluding hydrogens is 309 g/mol. The van der Waals surface area contributed by atoms with Gasteiger partial charge in [0.15, 0.2) is 0 Å². The number of nitrogen functional groups attached to an aromatic ring is 1. The molecule has 0 saturated heterocycles. The maximum Gasteiger partial charge on any atom is 0.123 e. The minimum absolute atomic E-state index is 0.251. The molecule has 0 spiro atoms. The topological polar surface area (TPSA) is 51.8 Å². The van der Waals surface area contributed by atoms with Gasteiger partial charge in [-0.2, -0.15) is 0 Å². The molecule has 0 aliphatic rings. The van der Waals surface area contributed by atoms with E-state index in [1.165, 1.54) is 34.7 Å². The molecule has 3 nitrogen and oxygen atoms in total. The molecule has 0 bridgehead atoms. The molecule has 0 radical (unpaired) electrons. The molecule has 23 heavy (non-hydrogen) atoms. The number of pyridine rings is 1. The van der Waals surface area contributed by atoms with Crippen molar-refractivity contribution in [1.29, 1.82) is 0 Å². The van der Waals surface area contributed by atoms with Gasteiger partial charge in [-0.3, -0.25) is 4.98 Å². The number of aryl methyl sites for hydroxylation is 3. The Balaban J connectivity index is 0.000000203. The summed E-state index contributed by atoms with van der Waals surface area (Å²) < 4.78 is 12.0. The molecule has 0 aliphatic carbocycles. The van der Waals surface area contributed by atoms with Crippen LogP contribution in [0.25, 0.3) is 10.6 Å². The summed E-state index contributed by atoms with van der Waals surface area (Å²) in [6.45, 7) is 6.28. The van der Waals surface area contributed by atoms with Gasteiger partial charge in [0.2, 0.25) is 0 Å². The Morgan fingerprint density at radius 1 is 1.13 bits per heavy atom. The summed E-state index contributed by atoms with van der Waals surface area (Å²) in [5.74, 6) is -0.251. The highest BCUT2D eigenvalue weighted by Gasteiger charge is 2.06. The van der Waals surface area contributed by atoms with Crippen molar-refractivity contribution >= 4 is 17.0 Å². The van der Waals surface area contributed by atoms with Crippen LogP contribution in [0.5, 0.6) is 0 Å². The standard InChI is InChI=1S/C12H14N2S.C6H6FN/c1-4-11-7-10(5-6-13-11)12-14-8(2)9(3)15-12;7-5-1-3-6(8)4-2-5/h5-7H,4H2,1-3H3;1-4H,8H2. The zero-order chi connectivity index (χ0) is 16.8. The Bertz CT molecular complexity index is 726. The molecule has 5 heteroatoms. The molecule has 1 aromatic carbocycles. The number of thiazole rings is 1. The number of hydrogen-bond donors (Lipinski definition) is 1. The second kappa shape index (κ2) is 7.83. The van der Waals surface area contributed by atoms with E-state index in [1.807, 2.05) is 12.3 Å². The summed E-state index contributed by atoms with van der Waals surface area (Å²) in [6, 6.07) is 9.85. The fourth-order valence-electron chi connectivity index (χ4n) is 1.86. The molecule has 0 fully saturated rings. The highest BCUT2D eigenvalue weighted by atomic mass is 32.1. The van der Waals surface area contributed by atoms with Crippen LogP contribution in [0.15, 0.2) is 42.6 Å². The molecular formula is C18H20FN3S. The minimum Gasteiger partial charge on any atom is -0.399 e. The first-order valence-electron chi connectivity index (χ1n) is 7.40. The minimum atomic E-state index is -0.251. The maximum atomic E-state index is 12.0. The number of nitrogens with zero attached hydrogens (tertiary/aromatic N) is 2. The van der Waals surface area contributed by atoms with Crippen LogP contribution >= 0.6 is 11.3 Å². The smallest absolute Gasteiger partial charge is 0.123 e. The van der Waals surface area contributed by atoms with Crippen LogP contribution in [-0.4, -0.2) is 9.97 Å². The van der Waals surface area contributed by atoms with Crippen molar-refractivity contribution in [2.45, 2.75) is 27.2 Å². The van der Waals surface area contributed by atoms with Crippen LogP contribution < -0.4 is 5.73 Å². The fraction of sp³-hybridized carbons (Fsp3) is 0.222. The lowest BCUT2D eigenvalue weighted by Crippen LogP contribution is -1.86. The number of aromatic nitrogens is 2. The molecule has 0 amide bonds. The van der Waals surface area contributed by atoms with E-state index in [0.717, 1.165) is 22.8 Å². The highest BCUT2D eigenvalue weighted by molar-refractivity contribution is 7.15. The lowest BCUT2D eigenvalue weighted by molar-refractivity contribution is 0.628. The average molecular weight is 329 g/mol. The van der Waals surface area contributed by atoms with Gasteiger partial charge >= 0.3 is 0 Å². The molecule has 3 aromatic rings. The molecule has 0 aliphatic heterocycles. The summed E-state index contributed by atoms with van der Waals surface area (Å²) in [4.78, 5) is 10.1. The quantitative estimate of drug-likeness (QED) is 0.688. The fourth-order valence-corrected chi connectivity index (χ4v) is 2.77. The summed E-state index contributed by atoms with van der Waals surface area (Å²) in [6.07, 6.45) is 2.83. The highest BCUT2D eigenvalue weighted by Crippen LogP contribution is 2.27. The van der Waals surface area contributed by atoms with E-state index >= 15 is 0 Å². The molecule has 0 saturated carbocycles. The van der Waals surface area contributed by atoms with E-state index in [-0.39, 0.29) is 5.82 Å². The van der Waals surface area contributed by atoms with Crippen LogP contribution in [0, 0.1) is 19.7 Å². The molecule has 2 heterocycles. The van der Waals surface area contributed by atoms with Gasteiger partial charge in [0, 0.05) is 28.0 Å². The van der Waals surface area contributed by atoms with Crippen molar-refractivity contribution in [3.63, 3.8) is 0 Å². The van der Waals surface area contributed by atoms with Gasteiger partial charge in [-0.05, 0) is 56.7 Å². The van der Waals surface area contributed by atoms with Crippen molar-refractivity contribution in [3.05, 3.63) is 64.7 Å². The first kappa shape index (κ1) is 17.1. The molecule has 2 N–H and O–H groups in total. The lowest BCUT2D eigenvalue weighted by atomic mass is 10.2. The Morgan fingerprint density at radius 3 is 2.35 bits per heavy atom. The van der Waals surface area contributed by atoms with Crippen LogP contribution in [0.1, 0.15) is 23.2 Å². The predicted octanol–water partition coefficient (Wildman–Crippen LogP) is 4.79. The second-order valence-electron chi connectivity index (χ2n) is 5.10. The molecule has 0 atom stereocenters. The number of hydrogen-bond acceptors (Lipinski definition) is 4. The van der Waals surface area contributed by atoms with Crippen molar-refractivity contribution in [3.8, 4) is 10.6 Å². The van der Waals surface area contributed by atoms with Crippen LogP contribution in [0.2, 0.25) is 0 Å².